The third-order valence-corrected chi connectivity index (χ3v) is 6.31. The first kappa shape index (κ1) is 25.1. The molecule has 4 rings (SSSR count). The summed E-state index contributed by atoms with van der Waals surface area (Å²) in [7, 11) is 0. The van der Waals surface area contributed by atoms with E-state index in [0.29, 0.717) is 11.1 Å². The number of alkyl halides is 6. The van der Waals surface area contributed by atoms with Crippen LogP contribution >= 0.6 is 58.0 Å². The summed E-state index contributed by atoms with van der Waals surface area (Å²) in [5, 5.41) is 2.72. The quantitative estimate of drug-likeness (QED) is 0.325. The van der Waals surface area contributed by atoms with Gasteiger partial charge in [-0.25, -0.2) is 0 Å². The molecule has 1 N–H and O–H groups in total. The lowest BCUT2D eigenvalue weighted by atomic mass is 9.98. The molecular formula is C22H11Cl5F3NO3. The summed E-state index contributed by atoms with van der Waals surface area (Å²) in [5.41, 5.74) is -0.0714. The van der Waals surface area contributed by atoms with E-state index in [2.05, 4.69) is 5.32 Å². The van der Waals surface area contributed by atoms with Gasteiger partial charge in [-0.3, -0.25) is 10.1 Å². The smallest absolute Gasteiger partial charge is 0.416 e. The van der Waals surface area contributed by atoms with Gasteiger partial charge < -0.3 is 9.47 Å². The van der Waals surface area contributed by atoms with Crippen LogP contribution in [0.1, 0.15) is 15.9 Å². The van der Waals surface area contributed by atoms with Crippen LogP contribution in [0.5, 0.6) is 11.5 Å². The maximum atomic E-state index is 13.3. The van der Waals surface area contributed by atoms with Crippen molar-refractivity contribution in [3.05, 3.63) is 81.8 Å². The Bertz CT molecular complexity index is 1230. The van der Waals surface area contributed by atoms with E-state index >= 15 is 0 Å². The molecule has 0 saturated carbocycles. The maximum absolute atomic E-state index is 13.3. The highest BCUT2D eigenvalue weighted by atomic mass is 35.6. The molecule has 0 fully saturated rings. The van der Waals surface area contributed by atoms with E-state index in [9.17, 15) is 18.0 Å². The second kappa shape index (κ2) is 8.88. The Balaban J connectivity index is 1.68. The molecule has 34 heavy (non-hydrogen) atoms. The van der Waals surface area contributed by atoms with E-state index in [0.717, 1.165) is 12.1 Å². The largest absolute Gasteiger partial charge is 0.428 e. The fourth-order valence-corrected chi connectivity index (χ4v) is 3.91. The zero-order valence-corrected chi connectivity index (χ0v) is 20.3. The van der Waals surface area contributed by atoms with Crippen molar-refractivity contribution in [2.75, 3.05) is 0 Å². The van der Waals surface area contributed by atoms with Gasteiger partial charge in [0.25, 0.3) is 9.70 Å². The Kier molecular flexibility index (Phi) is 6.55. The number of hydrogen-bond acceptors (Lipinski definition) is 3. The molecule has 0 radical (unpaired) electrons. The Morgan fingerprint density at radius 1 is 0.853 bits per heavy atom. The third kappa shape index (κ3) is 4.72. The van der Waals surface area contributed by atoms with Gasteiger partial charge in [0.2, 0.25) is 0 Å². The van der Waals surface area contributed by atoms with E-state index in [1.807, 2.05) is 0 Å². The number of fused-ring (bicyclic) bond motifs is 1. The predicted molar refractivity (Wildman–Crippen MR) is 125 cm³/mol. The van der Waals surface area contributed by atoms with E-state index in [1.54, 1.807) is 18.2 Å². The minimum atomic E-state index is -4.50. The van der Waals surface area contributed by atoms with E-state index in [1.165, 1.54) is 30.3 Å². The Hall–Kier alpha value is -2.03. The van der Waals surface area contributed by atoms with Crippen molar-refractivity contribution in [2.45, 2.75) is 15.9 Å². The van der Waals surface area contributed by atoms with Crippen molar-refractivity contribution >= 4 is 63.9 Å². The highest BCUT2D eigenvalue weighted by Gasteiger charge is 2.60. The van der Waals surface area contributed by atoms with Crippen LogP contribution in [-0.4, -0.2) is 15.6 Å². The van der Waals surface area contributed by atoms with E-state index < -0.39 is 27.4 Å². The topological polar surface area (TPSA) is 47.6 Å². The number of benzene rings is 3. The second-order valence-electron chi connectivity index (χ2n) is 7.11. The van der Waals surface area contributed by atoms with Gasteiger partial charge >= 0.3 is 12.1 Å². The number of nitrogens with one attached hydrogen (secondary N) is 1. The monoisotopic (exact) mass is 569 g/mol. The lowest BCUT2D eigenvalue weighted by Gasteiger charge is -2.33. The van der Waals surface area contributed by atoms with Crippen LogP contribution in [-0.2, 0) is 6.18 Å². The molecule has 0 saturated heterocycles. The molecule has 3 aromatic carbocycles. The molecule has 0 spiro atoms. The first-order chi connectivity index (χ1) is 15.8. The first-order valence-electron chi connectivity index (χ1n) is 9.34. The minimum Gasteiger partial charge on any atom is -0.428 e. The van der Waals surface area contributed by atoms with Crippen LogP contribution in [0.25, 0.3) is 11.1 Å². The molecule has 12 heteroatoms. The summed E-state index contributed by atoms with van der Waals surface area (Å²) >= 11 is 30.3. The van der Waals surface area contributed by atoms with Crippen molar-refractivity contribution in [1.29, 1.82) is 0 Å². The lowest BCUT2D eigenvalue weighted by molar-refractivity contribution is -0.137. The van der Waals surface area contributed by atoms with Gasteiger partial charge in [-0.05, 0) is 29.3 Å². The number of hydrogen-bond donors (Lipinski definition) is 1. The molecular weight excluding hydrogens is 561 g/mol. The molecule has 1 heterocycles. The zero-order chi connectivity index (χ0) is 24.9. The molecule has 1 aliphatic heterocycles. The van der Waals surface area contributed by atoms with Crippen LogP contribution in [0.3, 0.4) is 0 Å². The summed E-state index contributed by atoms with van der Waals surface area (Å²) < 4.78 is 47.8. The van der Waals surface area contributed by atoms with Gasteiger partial charge in [0.05, 0.1) is 15.6 Å². The van der Waals surface area contributed by atoms with Crippen LogP contribution in [0.4, 0.5) is 13.2 Å². The highest BCUT2D eigenvalue weighted by Crippen LogP contribution is 2.50. The van der Waals surface area contributed by atoms with Gasteiger partial charge in [0, 0.05) is 17.7 Å². The average molecular weight is 572 g/mol. The van der Waals surface area contributed by atoms with Gasteiger partial charge in [0.1, 0.15) is 0 Å². The summed E-state index contributed by atoms with van der Waals surface area (Å²) in [6.07, 6.45) is -4.50. The first-order valence-corrected chi connectivity index (χ1v) is 11.2. The average Bonchev–Trinajstić information content (AvgIpc) is 3.11. The standard InChI is InChI=1S/C22H11Cl5F3NO3/c23-15-9-17-18(10-16(15)24)34-22(33-17,21(25,26)27)31-19(32)14-4-2-1-3-13(14)11-5-7-12(8-6-11)20(28,29)30/h1-10H,(H,31,32). The summed E-state index contributed by atoms with van der Waals surface area (Å²) in [6.45, 7) is 0. The van der Waals surface area contributed by atoms with Gasteiger partial charge in [-0.15, -0.1) is 0 Å². The maximum Gasteiger partial charge on any atom is 0.416 e. The normalized spacial score (nSPS) is 14.7. The molecule has 0 bridgehead atoms. The number of carbonyl (C=O) groups is 1. The number of rotatable bonds is 3. The van der Waals surface area contributed by atoms with Gasteiger partial charge in [-0.2, -0.15) is 13.2 Å². The molecule has 0 aliphatic carbocycles. The summed E-state index contributed by atoms with van der Waals surface area (Å²) in [5.74, 6) is -2.95. The van der Waals surface area contributed by atoms with Crippen molar-refractivity contribution in [3.63, 3.8) is 0 Å². The second-order valence-corrected chi connectivity index (χ2v) is 10.2. The summed E-state index contributed by atoms with van der Waals surface area (Å²) in [6, 6.07) is 13.2. The van der Waals surface area contributed by atoms with Gasteiger partial charge in [-0.1, -0.05) is 88.3 Å². The van der Waals surface area contributed by atoms with Gasteiger partial charge in [0.15, 0.2) is 11.5 Å². The number of halogens is 8. The molecule has 4 nitrogen and oxygen atoms in total. The Labute approximate surface area is 216 Å². The van der Waals surface area contributed by atoms with E-state index in [4.69, 9.17) is 67.5 Å². The fourth-order valence-electron chi connectivity index (χ4n) is 3.23. The molecule has 1 aliphatic rings. The highest BCUT2D eigenvalue weighted by molar-refractivity contribution is 6.68. The van der Waals surface area contributed by atoms with Crippen molar-refractivity contribution < 1.29 is 27.4 Å². The van der Waals surface area contributed by atoms with Crippen molar-refractivity contribution in [3.8, 4) is 22.6 Å². The number of carbonyl (C=O) groups excluding carboxylic acids is 1. The molecule has 3 aromatic rings. The SMILES string of the molecule is O=C(NC1(C(Cl)(Cl)Cl)Oc2cc(Cl)c(Cl)cc2O1)c1ccccc1-c1ccc(C(F)(F)F)cc1. The van der Waals surface area contributed by atoms with Crippen LogP contribution in [0, 0.1) is 0 Å². The van der Waals surface area contributed by atoms with E-state index in [-0.39, 0.29) is 27.1 Å². The van der Waals surface area contributed by atoms with Crippen LogP contribution in [0.2, 0.25) is 10.0 Å². The van der Waals surface area contributed by atoms with Crippen molar-refractivity contribution in [1.82, 2.24) is 5.32 Å². The minimum absolute atomic E-state index is 0.0649. The zero-order valence-electron chi connectivity index (χ0n) is 16.5. The molecule has 0 atom stereocenters. The number of ether oxygens (including phenoxy) is 2. The fraction of sp³-hybridized carbons (Fsp3) is 0.136. The molecule has 0 unspecified atom stereocenters. The summed E-state index contributed by atoms with van der Waals surface area (Å²) in [4.78, 5) is 13.3. The Morgan fingerprint density at radius 2 is 1.38 bits per heavy atom. The molecule has 0 aromatic heterocycles. The van der Waals surface area contributed by atoms with Crippen molar-refractivity contribution in [2.24, 2.45) is 0 Å². The van der Waals surface area contributed by atoms with Crippen LogP contribution < -0.4 is 14.8 Å². The lowest BCUT2D eigenvalue weighted by Crippen LogP contribution is -2.63. The van der Waals surface area contributed by atoms with Crippen LogP contribution in [0.15, 0.2) is 60.7 Å². The molecule has 178 valence electrons. The number of amides is 1. The predicted octanol–water partition coefficient (Wildman–Crippen LogP) is 7.90. The third-order valence-electron chi connectivity index (χ3n) is 4.84. The Morgan fingerprint density at radius 3 is 1.88 bits per heavy atom. The molecule has 1 amide bonds.